The Hall–Kier alpha value is -5.31. The van der Waals surface area contributed by atoms with Crippen molar-refractivity contribution in [1.29, 1.82) is 0 Å². The molecule has 5 aromatic rings. The largest absolute Gasteiger partial charge is 0.494 e. The maximum absolute atomic E-state index is 15.4. The summed E-state index contributed by atoms with van der Waals surface area (Å²) in [5, 5.41) is 14.3. The average molecular weight is 900 g/mol. The fourth-order valence-corrected chi connectivity index (χ4v) is 9.95. The van der Waals surface area contributed by atoms with Gasteiger partial charge < -0.3 is 29.7 Å². The van der Waals surface area contributed by atoms with E-state index in [1.54, 1.807) is 37.4 Å². The molecule has 3 N–H and O–H groups in total. The third-order valence-electron chi connectivity index (χ3n) is 11.7. The van der Waals surface area contributed by atoms with Gasteiger partial charge >= 0.3 is 0 Å². The van der Waals surface area contributed by atoms with Gasteiger partial charge in [0.25, 0.3) is 0 Å². The van der Waals surface area contributed by atoms with Crippen molar-refractivity contribution in [2.45, 2.75) is 37.6 Å². The number of benzene rings is 3. The summed E-state index contributed by atoms with van der Waals surface area (Å²) in [5.74, 6) is 0.0220. The lowest BCUT2D eigenvalue weighted by molar-refractivity contribution is -0.134. The summed E-state index contributed by atoms with van der Waals surface area (Å²) in [5.41, 5.74) is 5.57. The minimum absolute atomic E-state index is 0.260. The van der Waals surface area contributed by atoms with Crippen molar-refractivity contribution in [3.05, 3.63) is 89.0 Å². The molecule has 14 nitrogen and oxygen atoms in total. The van der Waals surface area contributed by atoms with Crippen LogP contribution in [0.25, 0.3) is 11.1 Å². The van der Waals surface area contributed by atoms with Gasteiger partial charge in [0.2, 0.25) is 17.8 Å². The Morgan fingerprint density at radius 1 is 0.900 bits per heavy atom. The molecule has 3 fully saturated rings. The molecule has 1 atom stereocenters. The van der Waals surface area contributed by atoms with Crippen LogP contribution in [0.2, 0.25) is 0 Å². The van der Waals surface area contributed by atoms with E-state index in [-0.39, 0.29) is 24.1 Å². The fraction of sp³-hybridized carbons (Fsp3) is 0.372. The van der Waals surface area contributed by atoms with Gasteiger partial charge in [0, 0.05) is 99.4 Å². The lowest BCUT2D eigenvalue weighted by Crippen LogP contribution is -2.53. The van der Waals surface area contributed by atoms with Crippen LogP contribution in [0.15, 0.2) is 77.7 Å². The number of imide groups is 1. The predicted molar refractivity (Wildman–Crippen MR) is 238 cm³/mol. The topological polar surface area (TPSA) is 150 Å². The van der Waals surface area contributed by atoms with Gasteiger partial charge in [0.15, 0.2) is 0 Å². The molecule has 3 aliphatic rings. The number of hydrogen-bond donors (Lipinski definition) is 3. The van der Waals surface area contributed by atoms with Crippen LogP contribution in [0.5, 0.6) is 5.75 Å². The minimum Gasteiger partial charge on any atom is -0.494 e. The summed E-state index contributed by atoms with van der Waals surface area (Å²) in [7, 11) is 0.992. The summed E-state index contributed by atoms with van der Waals surface area (Å²) in [6, 6.07) is 17.1. The highest BCUT2D eigenvalue weighted by Gasteiger charge is 2.32. The van der Waals surface area contributed by atoms with E-state index < -0.39 is 13.1 Å². The zero-order valence-electron chi connectivity index (χ0n) is 34.1. The predicted octanol–water partition coefficient (Wildman–Crippen LogP) is 6.83. The highest BCUT2D eigenvalue weighted by molar-refractivity contribution is 9.10. The number of aryl methyl sites for hydroxylation is 1. The lowest BCUT2D eigenvalue weighted by Gasteiger charge is -2.44. The van der Waals surface area contributed by atoms with Crippen LogP contribution >= 0.6 is 23.1 Å². The number of halogens is 2. The zero-order chi connectivity index (χ0) is 42.1. The number of piperazine rings is 1. The maximum atomic E-state index is 15.4. The molecule has 0 spiro atoms. The third-order valence-corrected chi connectivity index (χ3v) is 13.8. The van der Waals surface area contributed by atoms with Crippen LogP contribution in [0.3, 0.4) is 0 Å². The number of carbonyl (C=O) groups is 2. The van der Waals surface area contributed by atoms with Crippen molar-refractivity contribution in [2.75, 3.05) is 80.1 Å². The molecule has 5 heterocycles. The summed E-state index contributed by atoms with van der Waals surface area (Å²) in [6.07, 6.45) is 8.14. The Kier molecular flexibility index (Phi) is 12.0. The van der Waals surface area contributed by atoms with Crippen LogP contribution in [-0.2, 0) is 21.2 Å². The first-order valence-electron chi connectivity index (χ1n) is 20.1. The van der Waals surface area contributed by atoms with E-state index in [0.29, 0.717) is 70.2 Å². The van der Waals surface area contributed by atoms with Crippen LogP contribution in [0.1, 0.15) is 37.2 Å². The molecule has 0 bridgehead atoms. The molecule has 0 aliphatic carbocycles. The van der Waals surface area contributed by atoms with E-state index in [9.17, 15) is 14.2 Å². The Balaban J connectivity index is 0.951. The van der Waals surface area contributed by atoms with E-state index in [0.717, 1.165) is 61.1 Å². The van der Waals surface area contributed by atoms with Gasteiger partial charge in [-0.15, -0.1) is 0 Å². The first-order chi connectivity index (χ1) is 28.8. The maximum Gasteiger partial charge on any atom is 0.234 e. The molecule has 0 radical (unpaired) electrons. The van der Waals surface area contributed by atoms with Crippen molar-refractivity contribution in [1.82, 2.24) is 30.0 Å². The average Bonchev–Trinajstić information content (AvgIpc) is 3.67. The second-order valence-corrected chi connectivity index (χ2v) is 20.0. The number of nitrogens with zero attached hydrogens (tertiary/aromatic N) is 7. The van der Waals surface area contributed by atoms with Gasteiger partial charge in [-0.1, -0.05) is 18.2 Å². The van der Waals surface area contributed by atoms with E-state index in [2.05, 4.69) is 68.8 Å². The van der Waals surface area contributed by atoms with E-state index in [1.807, 2.05) is 49.8 Å². The summed E-state index contributed by atoms with van der Waals surface area (Å²) < 4.78 is 36.9. The molecule has 2 amide bonds. The number of hydrogen-bond acceptors (Lipinski definition) is 12. The van der Waals surface area contributed by atoms with Crippen LogP contribution < -0.4 is 35.8 Å². The molecule has 314 valence electrons. The van der Waals surface area contributed by atoms with Gasteiger partial charge in [0.05, 0.1) is 40.8 Å². The Morgan fingerprint density at radius 2 is 1.65 bits per heavy atom. The highest BCUT2D eigenvalue weighted by Crippen LogP contribution is 2.42. The Morgan fingerprint density at radius 3 is 2.33 bits per heavy atom. The number of methoxy groups -OCH3 is 1. The van der Waals surface area contributed by atoms with Gasteiger partial charge in [-0.25, -0.2) is 9.37 Å². The molecule has 60 heavy (non-hydrogen) atoms. The van der Waals surface area contributed by atoms with E-state index >= 15 is 4.39 Å². The molecule has 1 unspecified atom stereocenters. The van der Waals surface area contributed by atoms with Crippen LogP contribution in [-0.4, -0.2) is 102 Å². The quantitative estimate of drug-likeness (QED) is 0.0943. The summed E-state index contributed by atoms with van der Waals surface area (Å²) in [6.45, 7) is 8.25. The smallest absolute Gasteiger partial charge is 0.234 e. The van der Waals surface area contributed by atoms with Gasteiger partial charge in [-0.05, 0) is 84.4 Å². The van der Waals surface area contributed by atoms with Crippen LogP contribution in [0.4, 0.5) is 38.9 Å². The number of rotatable bonds is 11. The molecule has 8 rings (SSSR count). The number of carbonyl (C=O) groups excluding carboxylic acids is 2. The SMILES string of the molecule is COc1cc(N2CCC(N3CCN(c4ccc(C5CCC(=O)NC5=O)cc4F)CC3)CC2)c(-c2cnn(C)c2)cc1Nc1ncc(Br)c(Nc2ccccc2P(C)(C)=O)n1. The molecule has 3 saturated heterocycles. The van der Waals surface area contributed by atoms with E-state index in [1.165, 1.54) is 6.07 Å². The molecular weight excluding hydrogens is 850 g/mol. The van der Waals surface area contributed by atoms with Crippen molar-refractivity contribution in [3.8, 4) is 16.9 Å². The lowest BCUT2D eigenvalue weighted by atomic mass is 9.90. The first kappa shape index (κ1) is 41.4. The van der Waals surface area contributed by atoms with Gasteiger partial charge in [0.1, 0.15) is 24.5 Å². The summed E-state index contributed by atoms with van der Waals surface area (Å²) >= 11 is 3.58. The number of anilines is 6. The number of aromatic nitrogens is 4. The second-order valence-electron chi connectivity index (χ2n) is 15.9. The number of para-hydroxylation sites is 1. The zero-order valence-corrected chi connectivity index (χ0v) is 36.6. The molecule has 3 aromatic carbocycles. The van der Waals surface area contributed by atoms with E-state index in [4.69, 9.17) is 9.72 Å². The Bertz CT molecular complexity index is 2460. The fourth-order valence-electron chi connectivity index (χ4n) is 8.51. The number of nitrogens with one attached hydrogen (secondary N) is 3. The summed E-state index contributed by atoms with van der Waals surface area (Å²) in [4.78, 5) is 40.3. The molecule has 3 aliphatic heterocycles. The standard InChI is InChI=1S/C43H49BrFN10O4P/c1-52-26-28(24-47-52)31-22-35(49-43-46-25-32(44)41(51-43)48-34-7-5-6-8-39(34)60(3,4)58)38(59-2)23-37(31)54-15-13-29(14-16-54)53-17-19-55(20-18-53)36-11-9-27(21-33(36)45)30-10-12-40(56)50-42(30)57/h5-9,11,21-26,29-30H,10,12-20H2,1-4H3,(H,50,56,57)(H2,46,48,49,51). The number of piperidine rings is 2. The Labute approximate surface area is 357 Å². The normalized spacial score (nSPS) is 18.1. The first-order valence-corrected chi connectivity index (χ1v) is 23.5. The third kappa shape index (κ3) is 8.91. The molecule has 2 aromatic heterocycles. The van der Waals surface area contributed by atoms with Gasteiger partial charge in [-0.3, -0.25) is 24.5 Å². The van der Waals surface area contributed by atoms with Crippen molar-refractivity contribution in [2.24, 2.45) is 7.05 Å². The highest BCUT2D eigenvalue weighted by atomic mass is 79.9. The van der Waals surface area contributed by atoms with Crippen molar-refractivity contribution in [3.63, 3.8) is 0 Å². The molecule has 17 heteroatoms. The van der Waals surface area contributed by atoms with Crippen LogP contribution in [0, 0.1) is 5.82 Å². The van der Waals surface area contributed by atoms with Crippen molar-refractivity contribution < 1.29 is 23.3 Å². The monoisotopic (exact) mass is 898 g/mol. The number of amides is 2. The second kappa shape index (κ2) is 17.3. The number of ether oxygens (including phenoxy) is 1. The molecular formula is C43H49BrFN10O4P. The molecule has 0 saturated carbocycles. The van der Waals surface area contributed by atoms with Crippen molar-refractivity contribution >= 4 is 74.7 Å². The van der Waals surface area contributed by atoms with Gasteiger partial charge in [-0.2, -0.15) is 10.1 Å². The minimum atomic E-state index is -2.56.